The van der Waals surface area contributed by atoms with E-state index in [0.717, 1.165) is 15.7 Å². The number of nitrogens with zero attached hydrogens (tertiary/aromatic N) is 2. The highest BCUT2D eigenvalue weighted by Crippen LogP contribution is 2.31. The van der Waals surface area contributed by atoms with Gasteiger partial charge in [-0.1, -0.05) is 42.5 Å². The Morgan fingerprint density at radius 2 is 1.90 bits per heavy atom. The van der Waals surface area contributed by atoms with Gasteiger partial charge in [0.1, 0.15) is 18.1 Å². The van der Waals surface area contributed by atoms with Crippen LogP contribution in [0.1, 0.15) is 11.1 Å². The average molecular weight is 403 g/mol. The Kier molecular flexibility index (Phi) is 4.89. The number of amides is 3. The summed E-state index contributed by atoms with van der Waals surface area (Å²) in [5.74, 6) is 0.0573. The highest BCUT2D eigenvalue weighted by molar-refractivity contribution is 6.14. The van der Waals surface area contributed by atoms with Crippen LogP contribution in [0.4, 0.5) is 10.5 Å². The summed E-state index contributed by atoms with van der Waals surface area (Å²) in [6.07, 6.45) is 1.59. The molecule has 3 amide bonds. The predicted octanol–water partition coefficient (Wildman–Crippen LogP) is 3.85. The fraction of sp³-hybridized carbons (Fsp3) is 0.0909. The number of rotatable bonds is 5. The number of imide groups is 1. The van der Waals surface area contributed by atoms with Gasteiger partial charge in [-0.15, -0.1) is 0 Å². The van der Waals surface area contributed by atoms with Crippen molar-refractivity contribution >= 4 is 34.5 Å². The van der Waals surface area contributed by atoms with Crippen LogP contribution in [0.2, 0.25) is 0 Å². The summed E-state index contributed by atoms with van der Waals surface area (Å²) >= 11 is 0. The molecule has 8 nitrogen and oxygen atoms in total. The van der Waals surface area contributed by atoms with E-state index in [4.69, 9.17) is 4.74 Å². The monoisotopic (exact) mass is 403 g/mol. The van der Waals surface area contributed by atoms with Crippen LogP contribution in [-0.4, -0.2) is 28.8 Å². The van der Waals surface area contributed by atoms with E-state index < -0.39 is 16.9 Å². The summed E-state index contributed by atoms with van der Waals surface area (Å²) in [6, 6.07) is 17.0. The van der Waals surface area contributed by atoms with Crippen LogP contribution in [0.3, 0.4) is 0 Å². The lowest BCUT2D eigenvalue weighted by atomic mass is 10.0. The van der Waals surface area contributed by atoms with Gasteiger partial charge in [0, 0.05) is 24.7 Å². The van der Waals surface area contributed by atoms with Crippen molar-refractivity contribution in [1.82, 2.24) is 10.2 Å². The van der Waals surface area contributed by atoms with E-state index in [1.807, 2.05) is 30.3 Å². The largest absolute Gasteiger partial charge is 0.488 e. The standard InChI is InChI=1S/C22H17N3O5/c1-24-21(26)19(23-22(24)27)12-18-17-8-3-2-6-15(17)9-10-20(18)30-13-14-5-4-7-16(11-14)25(28)29/h2-12H,13H2,1H3,(H,23,27)/b19-12+. The van der Waals surface area contributed by atoms with Crippen molar-refractivity contribution in [3.05, 3.63) is 87.6 Å². The number of carbonyl (C=O) groups excluding carboxylic acids is 2. The van der Waals surface area contributed by atoms with Crippen molar-refractivity contribution in [2.75, 3.05) is 7.05 Å². The first kappa shape index (κ1) is 19.1. The number of non-ortho nitro benzene ring substituents is 1. The first-order chi connectivity index (χ1) is 14.4. The van der Waals surface area contributed by atoms with Crippen molar-refractivity contribution in [2.45, 2.75) is 6.61 Å². The number of ether oxygens (including phenoxy) is 1. The molecule has 0 unspecified atom stereocenters. The first-order valence-corrected chi connectivity index (χ1v) is 9.12. The molecule has 4 rings (SSSR count). The number of benzene rings is 3. The molecule has 1 aliphatic heterocycles. The number of fused-ring (bicyclic) bond motifs is 1. The molecule has 3 aromatic rings. The lowest BCUT2D eigenvalue weighted by molar-refractivity contribution is -0.384. The van der Waals surface area contributed by atoms with E-state index in [9.17, 15) is 19.7 Å². The molecule has 30 heavy (non-hydrogen) atoms. The van der Waals surface area contributed by atoms with Gasteiger partial charge in [0.2, 0.25) is 0 Å². The number of hydrogen-bond acceptors (Lipinski definition) is 5. The minimum absolute atomic E-state index is 0.0146. The smallest absolute Gasteiger partial charge is 0.328 e. The number of nitro groups is 1. The average Bonchev–Trinajstić information content (AvgIpc) is 3.00. The molecule has 1 heterocycles. The quantitative estimate of drug-likeness (QED) is 0.302. The van der Waals surface area contributed by atoms with Crippen molar-refractivity contribution in [2.24, 2.45) is 0 Å². The molecule has 8 heteroatoms. The van der Waals surface area contributed by atoms with Gasteiger partial charge in [-0.3, -0.25) is 19.8 Å². The van der Waals surface area contributed by atoms with Gasteiger partial charge in [-0.05, 0) is 28.5 Å². The van der Waals surface area contributed by atoms with Crippen LogP contribution in [-0.2, 0) is 11.4 Å². The maximum atomic E-state index is 12.3. The first-order valence-electron chi connectivity index (χ1n) is 9.12. The Labute approximate surface area is 171 Å². The Morgan fingerprint density at radius 1 is 1.10 bits per heavy atom. The van der Waals surface area contributed by atoms with Crippen LogP contribution in [0.5, 0.6) is 5.75 Å². The fourth-order valence-electron chi connectivity index (χ4n) is 3.24. The van der Waals surface area contributed by atoms with Crippen molar-refractivity contribution in [1.29, 1.82) is 0 Å². The number of likely N-dealkylation sites (N-methyl/N-ethyl adjacent to an activating group) is 1. The Balaban J connectivity index is 1.73. The van der Waals surface area contributed by atoms with Crippen molar-refractivity contribution in [3.63, 3.8) is 0 Å². The zero-order chi connectivity index (χ0) is 21.3. The maximum absolute atomic E-state index is 12.3. The second-order valence-electron chi connectivity index (χ2n) is 6.77. The number of nitrogens with one attached hydrogen (secondary N) is 1. The molecular weight excluding hydrogens is 386 g/mol. The van der Waals surface area contributed by atoms with Gasteiger partial charge in [-0.2, -0.15) is 0 Å². The predicted molar refractivity (Wildman–Crippen MR) is 111 cm³/mol. The number of carbonyl (C=O) groups is 2. The number of nitro benzene ring substituents is 1. The number of urea groups is 1. The zero-order valence-electron chi connectivity index (χ0n) is 16.0. The van der Waals surface area contributed by atoms with E-state index in [2.05, 4.69) is 5.32 Å². The van der Waals surface area contributed by atoms with E-state index in [1.165, 1.54) is 19.2 Å². The molecule has 0 aliphatic carbocycles. The van der Waals surface area contributed by atoms with E-state index in [0.29, 0.717) is 16.9 Å². The van der Waals surface area contributed by atoms with Gasteiger partial charge in [-0.25, -0.2) is 4.79 Å². The summed E-state index contributed by atoms with van der Waals surface area (Å²) in [4.78, 5) is 35.7. The molecule has 150 valence electrons. The summed E-state index contributed by atoms with van der Waals surface area (Å²) in [7, 11) is 1.40. The summed E-state index contributed by atoms with van der Waals surface area (Å²) in [6.45, 7) is 0.108. The third kappa shape index (κ3) is 3.58. The minimum atomic E-state index is -0.495. The summed E-state index contributed by atoms with van der Waals surface area (Å²) in [5, 5.41) is 15.3. The molecule has 0 spiro atoms. The van der Waals surface area contributed by atoms with Crippen LogP contribution < -0.4 is 10.1 Å². The van der Waals surface area contributed by atoms with Crippen LogP contribution in [0.15, 0.2) is 66.4 Å². The van der Waals surface area contributed by atoms with Crippen LogP contribution in [0.25, 0.3) is 16.8 Å². The molecule has 1 N–H and O–H groups in total. The van der Waals surface area contributed by atoms with Gasteiger partial charge in [0.05, 0.1) is 4.92 Å². The number of hydrogen-bond donors (Lipinski definition) is 1. The lowest BCUT2D eigenvalue weighted by Gasteiger charge is -2.13. The summed E-state index contributed by atoms with van der Waals surface area (Å²) in [5.41, 5.74) is 1.41. The van der Waals surface area contributed by atoms with Gasteiger partial charge in [0.15, 0.2) is 0 Å². The van der Waals surface area contributed by atoms with E-state index in [1.54, 1.807) is 24.3 Å². The second-order valence-corrected chi connectivity index (χ2v) is 6.77. The van der Waals surface area contributed by atoms with Crippen LogP contribution in [0, 0.1) is 10.1 Å². The van der Waals surface area contributed by atoms with Gasteiger partial charge >= 0.3 is 6.03 Å². The molecule has 1 aliphatic rings. The zero-order valence-corrected chi connectivity index (χ0v) is 16.0. The van der Waals surface area contributed by atoms with Crippen molar-refractivity contribution in [3.8, 4) is 5.75 Å². The lowest BCUT2D eigenvalue weighted by Crippen LogP contribution is -2.25. The van der Waals surface area contributed by atoms with Gasteiger partial charge in [0.25, 0.3) is 11.6 Å². The minimum Gasteiger partial charge on any atom is -0.488 e. The second kappa shape index (κ2) is 7.67. The molecule has 0 saturated carbocycles. The molecule has 1 fully saturated rings. The Morgan fingerprint density at radius 3 is 2.63 bits per heavy atom. The fourth-order valence-corrected chi connectivity index (χ4v) is 3.24. The topological polar surface area (TPSA) is 102 Å². The highest BCUT2D eigenvalue weighted by atomic mass is 16.6. The third-order valence-corrected chi connectivity index (χ3v) is 4.82. The van der Waals surface area contributed by atoms with Crippen LogP contribution >= 0.6 is 0 Å². The molecule has 0 aromatic heterocycles. The summed E-state index contributed by atoms with van der Waals surface area (Å²) < 4.78 is 5.96. The van der Waals surface area contributed by atoms with Crippen molar-refractivity contribution < 1.29 is 19.2 Å². The highest BCUT2D eigenvalue weighted by Gasteiger charge is 2.30. The molecular formula is C22H17N3O5. The van der Waals surface area contributed by atoms with E-state index >= 15 is 0 Å². The third-order valence-electron chi connectivity index (χ3n) is 4.82. The molecule has 1 saturated heterocycles. The normalized spacial score (nSPS) is 15.0. The SMILES string of the molecule is CN1C(=O)N/C(=C/c2c(OCc3cccc([N+](=O)[O-])c3)ccc3ccccc23)C1=O. The molecule has 0 atom stereocenters. The molecule has 0 radical (unpaired) electrons. The van der Waals surface area contributed by atoms with E-state index in [-0.39, 0.29) is 18.0 Å². The molecule has 0 bridgehead atoms. The Bertz CT molecular complexity index is 1220. The Hall–Kier alpha value is -4.20. The maximum Gasteiger partial charge on any atom is 0.328 e. The molecule has 3 aromatic carbocycles. The van der Waals surface area contributed by atoms with Gasteiger partial charge < -0.3 is 10.1 Å².